The first-order chi connectivity index (χ1) is 10.8. The zero-order chi connectivity index (χ0) is 14.9. The summed E-state index contributed by atoms with van der Waals surface area (Å²) in [5.41, 5.74) is 1.01. The summed E-state index contributed by atoms with van der Waals surface area (Å²) in [5.74, 6) is 3.08. The van der Waals surface area contributed by atoms with E-state index in [0.29, 0.717) is 5.92 Å². The lowest BCUT2D eigenvalue weighted by Gasteiger charge is -2.33. The molecule has 2 aromatic heterocycles. The molecule has 2 aromatic rings. The van der Waals surface area contributed by atoms with Crippen LogP contribution in [0.2, 0.25) is 0 Å². The molecule has 0 amide bonds. The highest BCUT2D eigenvalue weighted by Crippen LogP contribution is 2.38. The van der Waals surface area contributed by atoms with E-state index in [0.717, 1.165) is 62.4 Å². The molecule has 3 heterocycles. The summed E-state index contributed by atoms with van der Waals surface area (Å²) in [6.07, 6.45) is 2.42. The third kappa shape index (κ3) is 3.20. The minimum atomic E-state index is 0.556. The molecule has 7 heteroatoms. The van der Waals surface area contributed by atoms with Gasteiger partial charge in [-0.15, -0.1) is 0 Å². The Labute approximate surface area is 129 Å². The average molecular weight is 303 g/mol. The van der Waals surface area contributed by atoms with Gasteiger partial charge < -0.3 is 9.05 Å². The second-order valence-electron chi connectivity index (χ2n) is 6.30. The highest BCUT2D eigenvalue weighted by Gasteiger charge is 2.29. The van der Waals surface area contributed by atoms with Crippen LogP contribution in [0.4, 0.5) is 0 Å². The Morgan fingerprint density at radius 1 is 1.05 bits per heavy atom. The monoisotopic (exact) mass is 303 g/mol. The van der Waals surface area contributed by atoms with Gasteiger partial charge in [-0.25, -0.2) is 0 Å². The molecular weight excluding hydrogens is 282 g/mol. The molecule has 7 nitrogen and oxygen atoms in total. The summed E-state index contributed by atoms with van der Waals surface area (Å²) in [6, 6.07) is 2.00. The molecule has 0 N–H and O–H groups in total. The van der Waals surface area contributed by atoms with Crippen LogP contribution in [-0.4, -0.2) is 51.3 Å². The van der Waals surface area contributed by atoms with E-state index in [9.17, 15) is 0 Å². The molecule has 1 saturated carbocycles. The number of nitrogens with zero attached hydrogens (tertiary/aromatic N) is 5. The lowest BCUT2D eigenvalue weighted by atomic mass is 10.3. The van der Waals surface area contributed by atoms with Crippen molar-refractivity contribution in [2.75, 3.05) is 26.2 Å². The largest absolute Gasteiger partial charge is 0.361 e. The van der Waals surface area contributed by atoms with Crippen molar-refractivity contribution in [2.45, 2.75) is 38.8 Å². The summed E-state index contributed by atoms with van der Waals surface area (Å²) in [4.78, 5) is 9.27. The van der Waals surface area contributed by atoms with Crippen molar-refractivity contribution in [1.82, 2.24) is 25.1 Å². The molecule has 1 aliphatic heterocycles. The summed E-state index contributed by atoms with van der Waals surface area (Å²) in [7, 11) is 0. The fourth-order valence-corrected chi connectivity index (χ4v) is 2.86. The Morgan fingerprint density at radius 3 is 2.41 bits per heavy atom. The third-order valence-electron chi connectivity index (χ3n) is 4.31. The maximum Gasteiger partial charge on any atom is 0.240 e. The molecular formula is C15H21N5O2. The fourth-order valence-electron chi connectivity index (χ4n) is 2.86. The highest BCUT2D eigenvalue weighted by molar-refractivity contribution is 5.04. The van der Waals surface area contributed by atoms with Gasteiger partial charge in [-0.2, -0.15) is 4.98 Å². The molecule has 118 valence electrons. The van der Waals surface area contributed by atoms with Crippen LogP contribution < -0.4 is 0 Å². The first kappa shape index (κ1) is 13.9. The number of rotatable bonds is 5. The van der Waals surface area contributed by atoms with Gasteiger partial charge in [0.05, 0.1) is 12.2 Å². The highest BCUT2D eigenvalue weighted by atomic mass is 16.5. The van der Waals surface area contributed by atoms with Gasteiger partial charge in [0.1, 0.15) is 5.76 Å². The Morgan fingerprint density at radius 2 is 1.77 bits per heavy atom. The molecule has 0 bridgehead atoms. The van der Waals surface area contributed by atoms with Gasteiger partial charge in [0.25, 0.3) is 0 Å². The quantitative estimate of drug-likeness (QED) is 0.830. The third-order valence-corrected chi connectivity index (χ3v) is 4.31. The molecule has 2 fully saturated rings. The Balaban J connectivity index is 1.26. The van der Waals surface area contributed by atoms with Crippen LogP contribution in [0.5, 0.6) is 0 Å². The predicted octanol–water partition coefficient (Wildman–Crippen LogP) is 1.56. The summed E-state index contributed by atoms with van der Waals surface area (Å²) in [5, 5.41) is 8.13. The van der Waals surface area contributed by atoms with Crippen LogP contribution >= 0.6 is 0 Å². The van der Waals surface area contributed by atoms with E-state index in [1.54, 1.807) is 0 Å². The molecule has 22 heavy (non-hydrogen) atoms. The van der Waals surface area contributed by atoms with Crippen LogP contribution in [0.1, 0.15) is 41.9 Å². The van der Waals surface area contributed by atoms with Crippen molar-refractivity contribution >= 4 is 0 Å². The smallest absolute Gasteiger partial charge is 0.240 e. The maximum atomic E-state index is 5.36. The predicted molar refractivity (Wildman–Crippen MR) is 78.1 cm³/mol. The van der Waals surface area contributed by atoms with Crippen molar-refractivity contribution in [1.29, 1.82) is 0 Å². The first-order valence-electron chi connectivity index (χ1n) is 7.95. The van der Waals surface area contributed by atoms with Crippen LogP contribution in [-0.2, 0) is 13.1 Å². The van der Waals surface area contributed by atoms with Crippen LogP contribution in [0.3, 0.4) is 0 Å². The SMILES string of the molecule is Cc1cc(CN2CCN(Cc3nc(C4CC4)no3)CC2)no1. The second-order valence-corrected chi connectivity index (χ2v) is 6.30. The van der Waals surface area contributed by atoms with Crippen LogP contribution in [0.15, 0.2) is 15.1 Å². The molecule has 0 aromatic carbocycles. The van der Waals surface area contributed by atoms with E-state index in [2.05, 4.69) is 25.1 Å². The first-order valence-corrected chi connectivity index (χ1v) is 7.95. The van der Waals surface area contributed by atoms with Crippen molar-refractivity contribution in [3.05, 3.63) is 29.2 Å². The van der Waals surface area contributed by atoms with Gasteiger partial charge in [0.15, 0.2) is 5.82 Å². The Hall–Kier alpha value is -1.73. The van der Waals surface area contributed by atoms with E-state index < -0.39 is 0 Å². The van der Waals surface area contributed by atoms with Gasteiger partial charge in [0, 0.05) is 44.7 Å². The zero-order valence-corrected chi connectivity index (χ0v) is 12.9. The normalized spacial score (nSPS) is 20.6. The van der Waals surface area contributed by atoms with Gasteiger partial charge in [-0.1, -0.05) is 10.3 Å². The maximum absolute atomic E-state index is 5.36. The lowest BCUT2D eigenvalue weighted by molar-refractivity contribution is 0.110. The van der Waals surface area contributed by atoms with Crippen LogP contribution in [0.25, 0.3) is 0 Å². The number of aryl methyl sites for hydroxylation is 1. The molecule has 0 spiro atoms. The zero-order valence-electron chi connectivity index (χ0n) is 12.9. The second kappa shape index (κ2) is 5.81. The molecule has 4 rings (SSSR count). The topological polar surface area (TPSA) is 71.4 Å². The molecule has 2 aliphatic rings. The molecule has 1 aliphatic carbocycles. The van der Waals surface area contributed by atoms with Crippen molar-refractivity contribution < 1.29 is 9.05 Å². The van der Waals surface area contributed by atoms with Gasteiger partial charge in [0.2, 0.25) is 5.89 Å². The minimum absolute atomic E-state index is 0.556. The average Bonchev–Trinajstić information content (AvgIpc) is 3.14. The summed E-state index contributed by atoms with van der Waals surface area (Å²) >= 11 is 0. The Kier molecular flexibility index (Phi) is 3.67. The molecule has 0 radical (unpaired) electrons. The van der Waals surface area contributed by atoms with E-state index in [4.69, 9.17) is 9.05 Å². The lowest BCUT2D eigenvalue weighted by Crippen LogP contribution is -2.45. The van der Waals surface area contributed by atoms with E-state index in [-0.39, 0.29) is 0 Å². The summed E-state index contributed by atoms with van der Waals surface area (Å²) in [6.45, 7) is 7.62. The van der Waals surface area contributed by atoms with Gasteiger partial charge in [-0.3, -0.25) is 9.80 Å². The number of piperazine rings is 1. The van der Waals surface area contributed by atoms with E-state index >= 15 is 0 Å². The minimum Gasteiger partial charge on any atom is -0.361 e. The number of hydrogen-bond acceptors (Lipinski definition) is 7. The standard InChI is InChI=1S/C15H21N5O2/c1-11-8-13(17-21-11)9-19-4-6-20(7-5-19)10-14-16-15(18-22-14)12-2-3-12/h8,12H,2-7,9-10H2,1H3. The Bertz CT molecular complexity index is 625. The number of hydrogen-bond donors (Lipinski definition) is 0. The molecule has 1 saturated heterocycles. The van der Waals surface area contributed by atoms with Crippen molar-refractivity contribution in [3.8, 4) is 0 Å². The van der Waals surface area contributed by atoms with Gasteiger partial charge >= 0.3 is 0 Å². The van der Waals surface area contributed by atoms with Crippen molar-refractivity contribution in [3.63, 3.8) is 0 Å². The van der Waals surface area contributed by atoms with E-state index in [1.807, 2.05) is 13.0 Å². The van der Waals surface area contributed by atoms with Gasteiger partial charge in [-0.05, 0) is 19.8 Å². The van der Waals surface area contributed by atoms with Crippen LogP contribution in [0, 0.1) is 6.92 Å². The summed E-state index contributed by atoms with van der Waals surface area (Å²) < 4.78 is 10.5. The number of aromatic nitrogens is 3. The fraction of sp³-hybridized carbons (Fsp3) is 0.667. The van der Waals surface area contributed by atoms with Crippen molar-refractivity contribution in [2.24, 2.45) is 0 Å². The van der Waals surface area contributed by atoms with E-state index in [1.165, 1.54) is 12.8 Å². The molecule has 0 unspecified atom stereocenters. The molecule has 0 atom stereocenters.